The highest BCUT2D eigenvalue weighted by atomic mass is 16.7. The summed E-state index contributed by atoms with van der Waals surface area (Å²) in [4.78, 5) is 12.9. The Bertz CT molecular complexity index is 7360. The van der Waals surface area contributed by atoms with E-state index in [0.717, 1.165) is 69.2 Å². The first kappa shape index (κ1) is 84.1. The Morgan fingerprint density at radius 2 is 0.549 bits per heavy atom. The Hall–Kier alpha value is -14.5. The first-order chi connectivity index (χ1) is 64.8. The maximum atomic E-state index is 8.02. The van der Waals surface area contributed by atoms with E-state index in [-0.39, 0.29) is 40.7 Å². The van der Waals surface area contributed by atoms with Crippen molar-refractivity contribution in [2.45, 2.75) is 128 Å². The Labute approximate surface area is 785 Å². The van der Waals surface area contributed by atoms with Crippen LogP contribution in [0.3, 0.4) is 0 Å². The molecule has 4 nitrogen and oxygen atoms in total. The van der Waals surface area contributed by atoms with Gasteiger partial charge in [-0.25, -0.2) is 0 Å². The number of benzene rings is 18. The minimum Gasteiger partial charge on any atom is -0.310 e. The van der Waals surface area contributed by atoms with Gasteiger partial charge in [0.2, 0.25) is 0 Å². The summed E-state index contributed by atoms with van der Waals surface area (Å²) in [5.74, 6) is 0.543. The van der Waals surface area contributed by atoms with Gasteiger partial charge < -0.3 is 9.80 Å². The zero-order valence-corrected chi connectivity index (χ0v) is 77.6. The van der Waals surface area contributed by atoms with Gasteiger partial charge in [-0.2, -0.15) is 5.06 Å². The fraction of sp³-hybridized carbons (Fsp3) is 0.163. The standard InChI is InChI=1S/C129H111N3O/c1-85(2)125(96-39-21-14-22-40-96)132(126(4,5)6)133-124(95-59-57-92(58-60-95)97-41-31-43-104(78-97)130(102-67-61-90(62-68-102)88-35-17-12-18-36-88)106-71-75-112-108-45-23-27-49-116(108)127(7,8)120(112)83-106)82-101(77-86(3)87-33-15-11-16-34-87)94-55-53-93(54-56-94)99-65-73-114-110-47-25-29-51-118(110)129(122(114)80-99)119-52-30-26-48-111(119)115-74-66-100(81-123(115)129)98-42-32-44-105(79-98)131(103-69-63-91(64-70-103)89-37-19-13-20-38-89)107-72-76-113-109-46-24-28-50-117(109)128(9,10)121(113)84-107/h11-76,78-81,83-86,101,124-125H,77,82H2,1-10H3. The predicted molar refractivity (Wildman–Crippen MR) is 557 cm³/mol. The molecule has 0 N–H and O–H groups in total. The Balaban J connectivity index is 0.622. The zero-order chi connectivity index (χ0) is 90.4. The second kappa shape index (κ2) is 34.0. The topological polar surface area (TPSA) is 19.0 Å². The van der Waals surface area contributed by atoms with Gasteiger partial charge >= 0.3 is 0 Å². The van der Waals surface area contributed by atoms with Gasteiger partial charge in [-0.05, 0) is 303 Å². The molecule has 0 bridgehead atoms. The Morgan fingerprint density at radius 1 is 0.241 bits per heavy atom. The monoisotopic (exact) mass is 1720 g/mol. The summed E-state index contributed by atoms with van der Waals surface area (Å²) in [7, 11) is 0. The number of anilines is 6. The summed E-state index contributed by atoms with van der Waals surface area (Å²) in [6.45, 7) is 23.5. The van der Waals surface area contributed by atoms with E-state index < -0.39 is 11.0 Å². The van der Waals surface area contributed by atoms with E-state index in [1.165, 1.54) is 145 Å². The second-order valence-corrected chi connectivity index (χ2v) is 39.7. The van der Waals surface area contributed by atoms with Crippen molar-refractivity contribution in [2.75, 3.05) is 9.80 Å². The molecule has 5 unspecified atom stereocenters. The largest absolute Gasteiger partial charge is 0.310 e. The Kier molecular flexibility index (Phi) is 21.5. The summed E-state index contributed by atoms with van der Waals surface area (Å²) in [6, 6.07) is 165. The molecule has 0 aliphatic heterocycles. The second-order valence-electron chi connectivity index (χ2n) is 39.7. The van der Waals surface area contributed by atoms with Gasteiger partial charge in [0.1, 0.15) is 6.10 Å². The van der Waals surface area contributed by atoms with Crippen molar-refractivity contribution in [3.63, 3.8) is 0 Å². The number of hydrogen-bond acceptors (Lipinski definition) is 4. The summed E-state index contributed by atoms with van der Waals surface area (Å²) >= 11 is 0. The molecule has 4 heteroatoms. The van der Waals surface area contributed by atoms with Crippen molar-refractivity contribution in [3.8, 4) is 100 Å². The number of rotatable bonds is 23. The molecule has 0 fully saturated rings. The normalized spacial score (nSPS) is 15.2. The molecule has 648 valence electrons. The molecule has 5 atom stereocenters. The van der Waals surface area contributed by atoms with E-state index in [9.17, 15) is 0 Å². The van der Waals surface area contributed by atoms with Crippen LogP contribution in [0.2, 0.25) is 0 Å². The van der Waals surface area contributed by atoms with Gasteiger partial charge in [0.15, 0.2) is 0 Å². The fourth-order valence-electron chi connectivity index (χ4n) is 22.8. The van der Waals surface area contributed by atoms with E-state index in [1.54, 1.807) is 0 Å². The lowest BCUT2D eigenvalue weighted by Crippen LogP contribution is -2.46. The van der Waals surface area contributed by atoms with Crippen molar-refractivity contribution < 1.29 is 4.84 Å². The van der Waals surface area contributed by atoms with Crippen LogP contribution < -0.4 is 9.80 Å². The number of nitrogens with zero attached hydrogens (tertiary/aromatic N) is 3. The minimum atomic E-state index is -0.610. The van der Waals surface area contributed by atoms with Crippen LogP contribution >= 0.6 is 0 Å². The minimum absolute atomic E-state index is 0.0395. The van der Waals surface area contributed by atoms with E-state index in [4.69, 9.17) is 4.84 Å². The molecule has 0 saturated heterocycles. The van der Waals surface area contributed by atoms with Crippen LogP contribution in [0.4, 0.5) is 34.1 Å². The molecule has 0 amide bonds. The van der Waals surface area contributed by atoms with Crippen molar-refractivity contribution >= 4 is 34.1 Å². The van der Waals surface area contributed by atoms with Crippen LogP contribution in [0.1, 0.15) is 173 Å². The quantitative estimate of drug-likeness (QED) is 0.0594. The molecule has 4 aliphatic rings. The van der Waals surface area contributed by atoms with E-state index in [1.807, 2.05) is 0 Å². The van der Waals surface area contributed by atoms with Gasteiger partial charge in [0.05, 0.1) is 11.5 Å². The molecule has 133 heavy (non-hydrogen) atoms. The lowest BCUT2D eigenvalue weighted by Gasteiger charge is -2.45. The smallest absolute Gasteiger partial charge is 0.105 e. The Morgan fingerprint density at radius 3 is 0.992 bits per heavy atom. The molecular formula is C129H111N3O. The molecule has 0 aromatic heterocycles. The van der Waals surface area contributed by atoms with Gasteiger partial charge in [-0.1, -0.05) is 400 Å². The fourth-order valence-corrected chi connectivity index (χ4v) is 22.8. The molecule has 22 rings (SSSR count). The van der Waals surface area contributed by atoms with Crippen molar-refractivity contribution in [1.29, 1.82) is 0 Å². The highest BCUT2D eigenvalue weighted by Gasteiger charge is 2.52. The molecule has 18 aromatic rings. The molecule has 0 saturated carbocycles. The zero-order valence-electron chi connectivity index (χ0n) is 77.6. The van der Waals surface area contributed by atoms with E-state index in [0.29, 0.717) is 0 Å². The van der Waals surface area contributed by atoms with Crippen LogP contribution in [0, 0.1) is 5.92 Å². The van der Waals surface area contributed by atoms with Gasteiger partial charge in [-0.3, -0.25) is 4.84 Å². The highest BCUT2D eigenvalue weighted by molar-refractivity contribution is 5.98. The molecule has 1 spiro atoms. The predicted octanol–water partition coefficient (Wildman–Crippen LogP) is 34.8. The van der Waals surface area contributed by atoms with Gasteiger partial charge in [0, 0.05) is 50.5 Å². The average molecular weight is 1720 g/mol. The van der Waals surface area contributed by atoms with Crippen molar-refractivity contribution in [2.24, 2.45) is 5.92 Å². The number of hydroxylamine groups is 2. The molecule has 18 aromatic carbocycles. The lowest BCUT2D eigenvalue weighted by molar-refractivity contribution is -0.278. The maximum absolute atomic E-state index is 8.02. The van der Waals surface area contributed by atoms with Crippen LogP contribution in [-0.2, 0) is 21.1 Å². The van der Waals surface area contributed by atoms with Crippen LogP contribution in [0.15, 0.2) is 437 Å². The molecule has 4 aliphatic carbocycles. The number of hydrogen-bond donors (Lipinski definition) is 0. The van der Waals surface area contributed by atoms with E-state index >= 15 is 0 Å². The molecule has 0 radical (unpaired) electrons. The van der Waals surface area contributed by atoms with Crippen LogP contribution in [0.25, 0.3) is 100 Å². The highest BCUT2D eigenvalue weighted by Crippen LogP contribution is 2.64. The average Bonchev–Trinajstić information content (AvgIpc) is 1.50. The summed E-state index contributed by atoms with van der Waals surface area (Å²) < 4.78 is 0. The summed E-state index contributed by atoms with van der Waals surface area (Å²) in [5.41, 5.74) is 43.0. The first-order valence-corrected chi connectivity index (χ1v) is 47.7. The summed E-state index contributed by atoms with van der Waals surface area (Å²) in [6.07, 6.45) is 1.29. The molecule has 0 heterocycles. The number of fused-ring (bicyclic) bond motifs is 16. The lowest BCUT2D eigenvalue weighted by atomic mass is 9.70. The SMILES string of the molecule is CC(CC(CC(ON(C(c1ccccc1)C(C)C)C(C)(C)C)c1ccc(-c2cccc(N(c3ccc(-c4ccccc4)cc3)c3ccc4c(c3)C(C)(C)c3ccccc3-4)c2)cc1)c1ccc(-c2ccc3c(c2)C2(c4ccccc4-3)c3ccccc3-c3ccc(-c4cccc(N(c5ccc(-c6ccccc6)cc5)c5ccc6c(c5)C(C)(C)c5ccccc5-6)c4)cc32)cc1)c1ccccc1. The van der Waals surface area contributed by atoms with Gasteiger partial charge in [-0.15, -0.1) is 0 Å². The van der Waals surface area contributed by atoms with Crippen LogP contribution in [0.5, 0.6) is 0 Å². The first-order valence-electron chi connectivity index (χ1n) is 47.7. The maximum Gasteiger partial charge on any atom is 0.105 e. The van der Waals surface area contributed by atoms with Crippen molar-refractivity contribution in [3.05, 3.63) is 504 Å². The van der Waals surface area contributed by atoms with E-state index in [2.05, 4.69) is 521 Å². The molecular weight excluding hydrogens is 1610 g/mol. The third-order valence-corrected chi connectivity index (χ3v) is 29.5. The van der Waals surface area contributed by atoms with Crippen LogP contribution in [-0.4, -0.2) is 10.6 Å². The third kappa shape index (κ3) is 15.0. The third-order valence-electron chi connectivity index (χ3n) is 29.5. The van der Waals surface area contributed by atoms with Crippen molar-refractivity contribution in [1.82, 2.24) is 5.06 Å². The summed E-state index contributed by atoms with van der Waals surface area (Å²) in [5, 5.41) is 2.35. The van der Waals surface area contributed by atoms with Gasteiger partial charge in [0.25, 0.3) is 0 Å².